The number of urea groups is 1. The van der Waals surface area contributed by atoms with Crippen molar-refractivity contribution in [2.45, 2.75) is 26.3 Å². The Balaban J connectivity index is 1.48. The number of rotatable bonds is 6. The topological polar surface area (TPSA) is 85.5 Å². The maximum Gasteiger partial charge on any atom is 0.329 e. The molecule has 2 heterocycles. The van der Waals surface area contributed by atoms with Gasteiger partial charge in [0.1, 0.15) is 6.54 Å². The van der Waals surface area contributed by atoms with Crippen LogP contribution in [0.3, 0.4) is 0 Å². The van der Waals surface area contributed by atoms with Crippen LogP contribution in [0.1, 0.15) is 29.8 Å². The summed E-state index contributed by atoms with van der Waals surface area (Å²) in [5.41, 5.74) is 3.42. The molecular formula is C23H24N4O3. The molecule has 4 rings (SSSR count). The summed E-state index contributed by atoms with van der Waals surface area (Å²) in [6.07, 6.45) is 2.76. The van der Waals surface area contributed by atoms with Crippen molar-refractivity contribution in [3.05, 3.63) is 65.9 Å². The Labute approximate surface area is 174 Å². The van der Waals surface area contributed by atoms with Gasteiger partial charge in [0, 0.05) is 40.9 Å². The molecule has 0 atom stereocenters. The smallest absolute Gasteiger partial charge is 0.329 e. The van der Waals surface area contributed by atoms with Crippen LogP contribution in [0, 0.1) is 0 Å². The monoisotopic (exact) mass is 404 g/mol. The highest BCUT2D eigenvalue weighted by atomic mass is 16.2. The van der Waals surface area contributed by atoms with E-state index in [0.717, 1.165) is 11.9 Å². The lowest BCUT2D eigenvalue weighted by Gasteiger charge is -2.27. The number of H-pyrrole nitrogens is 1. The molecule has 1 fully saturated rings. The molecule has 3 aromatic rings. The molecule has 0 saturated carbocycles. The van der Waals surface area contributed by atoms with Crippen LogP contribution in [-0.4, -0.2) is 46.9 Å². The summed E-state index contributed by atoms with van der Waals surface area (Å²) < 4.78 is 0. The van der Waals surface area contributed by atoms with Crippen molar-refractivity contribution < 1.29 is 14.4 Å². The molecule has 0 radical (unpaired) electrons. The van der Waals surface area contributed by atoms with Gasteiger partial charge in [0.15, 0.2) is 0 Å². The van der Waals surface area contributed by atoms with Crippen molar-refractivity contribution >= 4 is 34.4 Å². The van der Waals surface area contributed by atoms with Crippen molar-refractivity contribution in [2.75, 3.05) is 18.0 Å². The standard InChI is InChI=1S/C23H24N4O3/c1-15(2)26(12-11-17-13-24-20-6-4-3-5-19(17)20)22(29)16-7-9-18(10-8-16)27-14-21(28)25-23(27)30/h3-10,13,15,24H,11-12,14H2,1-2H3,(H,25,28,30). The van der Waals surface area contributed by atoms with Gasteiger partial charge in [0.25, 0.3) is 5.91 Å². The second kappa shape index (κ2) is 8.02. The van der Waals surface area contributed by atoms with E-state index >= 15 is 0 Å². The van der Waals surface area contributed by atoms with Gasteiger partial charge in [0.2, 0.25) is 5.91 Å². The minimum atomic E-state index is -0.443. The largest absolute Gasteiger partial charge is 0.361 e. The second-order valence-corrected chi connectivity index (χ2v) is 7.69. The van der Waals surface area contributed by atoms with Gasteiger partial charge in [-0.15, -0.1) is 0 Å². The van der Waals surface area contributed by atoms with Crippen LogP contribution < -0.4 is 10.2 Å². The Kier molecular flexibility index (Phi) is 5.27. The molecule has 0 spiro atoms. The van der Waals surface area contributed by atoms with Crippen molar-refractivity contribution in [2.24, 2.45) is 0 Å². The number of hydrogen-bond acceptors (Lipinski definition) is 3. The second-order valence-electron chi connectivity index (χ2n) is 7.69. The predicted molar refractivity (Wildman–Crippen MR) is 116 cm³/mol. The zero-order valence-corrected chi connectivity index (χ0v) is 17.0. The van der Waals surface area contributed by atoms with Gasteiger partial charge in [-0.3, -0.25) is 19.8 Å². The molecule has 7 heteroatoms. The average molecular weight is 404 g/mol. The molecule has 154 valence electrons. The Bertz CT molecular complexity index is 1100. The minimum Gasteiger partial charge on any atom is -0.361 e. The van der Waals surface area contributed by atoms with Crippen LogP contribution in [0.25, 0.3) is 10.9 Å². The highest BCUT2D eigenvalue weighted by Crippen LogP contribution is 2.21. The van der Waals surface area contributed by atoms with E-state index in [2.05, 4.69) is 16.4 Å². The highest BCUT2D eigenvalue weighted by molar-refractivity contribution is 6.12. The van der Waals surface area contributed by atoms with E-state index in [-0.39, 0.29) is 24.4 Å². The van der Waals surface area contributed by atoms with Crippen LogP contribution in [0.5, 0.6) is 0 Å². The fourth-order valence-electron chi connectivity index (χ4n) is 3.77. The first-order valence-corrected chi connectivity index (χ1v) is 10.0. The molecule has 1 aliphatic rings. The van der Waals surface area contributed by atoms with Gasteiger partial charge in [-0.05, 0) is 56.2 Å². The van der Waals surface area contributed by atoms with Crippen LogP contribution in [0.2, 0.25) is 0 Å². The Morgan fingerprint density at radius 1 is 1.10 bits per heavy atom. The molecule has 1 saturated heterocycles. The first-order valence-electron chi connectivity index (χ1n) is 10.0. The zero-order valence-electron chi connectivity index (χ0n) is 17.0. The molecule has 2 N–H and O–H groups in total. The molecule has 4 amide bonds. The molecule has 7 nitrogen and oxygen atoms in total. The molecular weight excluding hydrogens is 380 g/mol. The zero-order chi connectivity index (χ0) is 21.3. The number of nitrogens with one attached hydrogen (secondary N) is 2. The number of aromatic nitrogens is 1. The van der Waals surface area contributed by atoms with Crippen LogP contribution in [-0.2, 0) is 11.2 Å². The number of benzene rings is 2. The van der Waals surface area contributed by atoms with Crippen molar-refractivity contribution in [3.8, 4) is 0 Å². The summed E-state index contributed by atoms with van der Waals surface area (Å²) >= 11 is 0. The summed E-state index contributed by atoms with van der Waals surface area (Å²) in [7, 11) is 0. The number of aromatic amines is 1. The summed E-state index contributed by atoms with van der Waals surface area (Å²) in [4.78, 5) is 42.8. The first-order chi connectivity index (χ1) is 14.4. The van der Waals surface area contributed by atoms with Gasteiger partial charge in [0.05, 0.1) is 0 Å². The third-order valence-electron chi connectivity index (χ3n) is 5.40. The SMILES string of the molecule is CC(C)N(CCc1c[nH]c2ccccc12)C(=O)c1ccc(N2CC(=O)NC2=O)cc1. The van der Waals surface area contributed by atoms with Crippen LogP contribution >= 0.6 is 0 Å². The fraction of sp³-hybridized carbons (Fsp3) is 0.261. The van der Waals surface area contributed by atoms with E-state index in [9.17, 15) is 14.4 Å². The number of imide groups is 1. The number of anilines is 1. The third kappa shape index (κ3) is 3.78. The molecule has 30 heavy (non-hydrogen) atoms. The Hall–Kier alpha value is -3.61. The molecule has 0 aliphatic carbocycles. The van der Waals surface area contributed by atoms with Gasteiger partial charge >= 0.3 is 6.03 Å². The van der Waals surface area contributed by atoms with E-state index in [1.807, 2.05) is 43.1 Å². The fourth-order valence-corrected chi connectivity index (χ4v) is 3.77. The first kappa shape index (κ1) is 19.7. The van der Waals surface area contributed by atoms with Crippen molar-refractivity contribution in [1.29, 1.82) is 0 Å². The number of para-hydroxylation sites is 1. The van der Waals surface area contributed by atoms with Crippen LogP contribution in [0.15, 0.2) is 54.7 Å². The summed E-state index contributed by atoms with van der Waals surface area (Å²) in [6, 6.07) is 14.5. The lowest BCUT2D eigenvalue weighted by Crippen LogP contribution is -2.38. The number of amides is 4. The lowest BCUT2D eigenvalue weighted by molar-refractivity contribution is -0.117. The number of fused-ring (bicyclic) bond motifs is 1. The van der Waals surface area contributed by atoms with Gasteiger partial charge in [-0.1, -0.05) is 18.2 Å². The molecule has 0 bridgehead atoms. The maximum absolute atomic E-state index is 13.1. The Morgan fingerprint density at radius 2 is 1.83 bits per heavy atom. The van der Waals surface area contributed by atoms with Crippen molar-refractivity contribution in [3.63, 3.8) is 0 Å². The molecule has 1 aromatic heterocycles. The predicted octanol–water partition coefficient (Wildman–Crippen LogP) is 3.32. The van der Waals surface area contributed by atoms with Crippen LogP contribution in [0.4, 0.5) is 10.5 Å². The quantitative estimate of drug-likeness (QED) is 0.618. The van der Waals surface area contributed by atoms with E-state index in [1.165, 1.54) is 15.8 Å². The van der Waals surface area contributed by atoms with Crippen molar-refractivity contribution in [1.82, 2.24) is 15.2 Å². The minimum absolute atomic E-state index is 0.00509. The van der Waals surface area contributed by atoms with E-state index in [1.54, 1.807) is 24.3 Å². The number of hydrogen-bond donors (Lipinski definition) is 2. The maximum atomic E-state index is 13.1. The molecule has 2 aromatic carbocycles. The summed E-state index contributed by atoms with van der Waals surface area (Å²) in [5, 5.41) is 3.43. The Morgan fingerprint density at radius 3 is 2.50 bits per heavy atom. The van der Waals surface area contributed by atoms with E-state index in [0.29, 0.717) is 17.8 Å². The summed E-state index contributed by atoms with van der Waals surface area (Å²) in [6.45, 7) is 4.60. The van der Waals surface area contributed by atoms with E-state index in [4.69, 9.17) is 0 Å². The summed E-state index contributed by atoms with van der Waals surface area (Å²) in [5.74, 6) is -0.387. The molecule has 0 unspecified atom stereocenters. The molecule has 1 aliphatic heterocycles. The lowest BCUT2D eigenvalue weighted by atomic mass is 10.1. The van der Waals surface area contributed by atoms with E-state index < -0.39 is 6.03 Å². The average Bonchev–Trinajstić information content (AvgIpc) is 3.30. The normalized spacial score (nSPS) is 13.9. The number of carbonyl (C=O) groups excluding carboxylic acids is 3. The highest BCUT2D eigenvalue weighted by Gasteiger charge is 2.28. The van der Waals surface area contributed by atoms with Gasteiger partial charge < -0.3 is 9.88 Å². The van der Waals surface area contributed by atoms with Gasteiger partial charge in [-0.25, -0.2) is 4.79 Å². The third-order valence-corrected chi connectivity index (χ3v) is 5.40. The van der Waals surface area contributed by atoms with Gasteiger partial charge in [-0.2, -0.15) is 0 Å². The number of nitrogens with zero attached hydrogens (tertiary/aromatic N) is 2. The number of carbonyl (C=O) groups is 3.